The first-order valence-corrected chi connectivity index (χ1v) is 12.6. The van der Waals surface area contributed by atoms with Gasteiger partial charge in [-0.05, 0) is 12.8 Å². The Bertz CT molecular complexity index is 873. The van der Waals surface area contributed by atoms with E-state index >= 15 is 0 Å². The summed E-state index contributed by atoms with van der Waals surface area (Å²) in [6.07, 6.45) is -8.68. The van der Waals surface area contributed by atoms with Crippen molar-refractivity contribution in [1.82, 2.24) is 0 Å². The van der Waals surface area contributed by atoms with Gasteiger partial charge in [0.05, 0.1) is 0 Å². The average Bonchev–Trinajstić information content (AvgIpc) is 2.80. The summed E-state index contributed by atoms with van der Waals surface area (Å²) in [6, 6.07) is 0. The molecule has 38 heavy (non-hydrogen) atoms. The minimum atomic E-state index is -1.34. The molecule has 0 bridgehead atoms. The van der Waals surface area contributed by atoms with Crippen molar-refractivity contribution in [2.24, 2.45) is 5.92 Å². The Balaban J connectivity index is 2.45. The molecule has 0 aromatic carbocycles. The third kappa shape index (κ3) is 8.11. The molecule has 2 heterocycles. The van der Waals surface area contributed by atoms with Gasteiger partial charge in [-0.15, -0.1) is 0 Å². The van der Waals surface area contributed by atoms with Crippen molar-refractivity contribution in [3.05, 3.63) is 0 Å². The van der Waals surface area contributed by atoms with Crippen molar-refractivity contribution in [2.45, 2.75) is 124 Å². The standard InChI is InChI=1S/C25H38O13/c1-9-17-20(32-13(5)27)19(31-12(4)26)11(3)24(36-17)38-25-23(35-16(8)30)22(34-15(7)29)21(33-14(6)28)18(10-2)37-25/h11,17-25H,9-10H2,1-8H3/t11?,17?,18?,19-,20+,21-,22?,23?,24+,25+/m1/s1. The van der Waals surface area contributed by atoms with Crippen LogP contribution in [0.4, 0.5) is 0 Å². The molecule has 216 valence electrons. The summed E-state index contributed by atoms with van der Waals surface area (Å²) in [6.45, 7) is 11.2. The van der Waals surface area contributed by atoms with Gasteiger partial charge in [-0.25, -0.2) is 0 Å². The quantitative estimate of drug-likeness (QED) is 0.303. The van der Waals surface area contributed by atoms with Gasteiger partial charge in [0, 0.05) is 40.5 Å². The minimum Gasteiger partial charge on any atom is -0.458 e. The van der Waals surface area contributed by atoms with Crippen LogP contribution in [0.2, 0.25) is 0 Å². The number of carbonyl (C=O) groups excluding carboxylic acids is 5. The highest BCUT2D eigenvalue weighted by molar-refractivity contribution is 5.69. The first-order chi connectivity index (χ1) is 17.8. The van der Waals surface area contributed by atoms with Crippen LogP contribution in [-0.4, -0.2) is 85.2 Å². The highest BCUT2D eigenvalue weighted by atomic mass is 16.8. The molecule has 10 atom stereocenters. The lowest BCUT2D eigenvalue weighted by Crippen LogP contribution is -2.64. The van der Waals surface area contributed by atoms with Gasteiger partial charge < -0.3 is 37.9 Å². The van der Waals surface area contributed by atoms with E-state index < -0.39 is 91.1 Å². The molecule has 0 spiro atoms. The first kappa shape index (κ1) is 31.4. The van der Waals surface area contributed by atoms with Gasteiger partial charge >= 0.3 is 29.8 Å². The number of ether oxygens (including phenoxy) is 8. The lowest BCUT2D eigenvalue weighted by Gasteiger charge is -2.48. The average molecular weight is 547 g/mol. The molecule has 2 fully saturated rings. The molecule has 0 radical (unpaired) electrons. The van der Waals surface area contributed by atoms with Gasteiger partial charge in [-0.1, -0.05) is 20.8 Å². The molecule has 0 amide bonds. The van der Waals surface area contributed by atoms with Crippen molar-refractivity contribution >= 4 is 29.8 Å². The Morgan fingerprint density at radius 2 is 0.868 bits per heavy atom. The highest BCUT2D eigenvalue weighted by Gasteiger charge is 2.55. The van der Waals surface area contributed by atoms with Crippen molar-refractivity contribution in [3.8, 4) is 0 Å². The van der Waals surface area contributed by atoms with E-state index in [-0.39, 0.29) is 0 Å². The fourth-order valence-corrected chi connectivity index (χ4v) is 4.65. The second kappa shape index (κ2) is 13.9. The van der Waals surface area contributed by atoms with Gasteiger partial charge in [-0.2, -0.15) is 0 Å². The van der Waals surface area contributed by atoms with Crippen LogP contribution in [0, 0.1) is 5.92 Å². The second-order valence-corrected chi connectivity index (χ2v) is 9.27. The number of carbonyl (C=O) groups is 5. The molecule has 2 aliphatic rings. The Kier molecular flexibility index (Phi) is 11.5. The second-order valence-electron chi connectivity index (χ2n) is 9.27. The SMILES string of the molecule is CCC1O[C@@H](O[C@@H]2OC(CC)[C@H](OC(C)=O)[C@H](OC(C)=O)C2C)C(OC(C)=O)C(OC(C)=O)[C@@H]1OC(C)=O. The fourth-order valence-electron chi connectivity index (χ4n) is 4.65. The first-order valence-electron chi connectivity index (χ1n) is 12.6. The third-order valence-corrected chi connectivity index (χ3v) is 6.12. The molecule has 2 aliphatic heterocycles. The molecule has 0 saturated carbocycles. The van der Waals surface area contributed by atoms with E-state index in [4.69, 9.17) is 37.9 Å². The summed E-state index contributed by atoms with van der Waals surface area (Å²) in [5.74, 6) is -3.91. The molecule has 0 aromatic rings. The summed E-state index contributed by atoms with van der Waals surface area (Å²) in [5.41, 5.74) is 0. The molecule has 2 saturated heterocycles. The summed E-state index contributed by atoms with van der Waals surface area (Å²) in [4.78, 5) is 59.5. The molecule has 0 aromatic heterocycles. The number of esters is 5. The molecule has 0 aliphatic carbocycles. The molecule has 13 heteroatoms. The van der Waals surface area contributed by atoms with E-state index in [2.05, 4.69) is 0 Å². The predicted molar refractivity (Wildman–Crippen MR) is 126 cm³/mol. The van der Waals surface area contributed by atoms with Crippen LogP contribution in [0.1, 0.15) is 68.2 Å². The van der Waals surface area contributed by atoms with Crippen LogP contribution in [0.5, 0.6) is 0 Å². The van der Waals surface area contributed by atoms with Crippen LogP contribution in [0.25, 0.3) is 0 Å². The lowest BCUT2D eigenvalue weighted by atomic mass is 9.90. The van der Waals surface area contributed by atoms with Crippen LogP contribution in [0.3, 0.4) is 0 Å². The van der Waals surface area contributed by atoms with Gasteiger partial charge in [0.1, 0.15) is 18.3 Å². The van der Waals surface area contributed by atoms with E-state index in [1.807, 2.05) is 0 Å². The molecule has 0 N–H and O–H groups in total. The monoisotopic (exact) mass is 546 g/mol. The van der Waals surface area contributed by atoms with Gasteiger partial charge in [0.2, 0.25) is 6.29 Å². The maximum atomic E-state index is 12.0. The van der Waals surface area contributed by atoms with Crippen LogP contribution < -0.4 is 0 Å². The number of hydrogen-bond acceptors (Lipinski definition) is 13. The minimum absolute atomic E-state index is 0.325. The zero-order valence-electron chi connectivity index (χ0n) is 23.0. The Hall–Kier alpha value is -2.77. The largest absolute Gasteiger partial charge is 0.458 e. The Morgan fingerprint density at radius 1 is 0.526 bits per heavy atom. The van der Waals surface area contributed by atoms with Crippen molar-refractivity contribution in [3.63, 3.8) is 0 Å². The summed E-state index contributed by atoms with van der Waals surface area (Å²) < 4.78 is 45.6. The van der Waals surface area contributed by atoms with E-state index in [0.29, 0.717) is 12.8 Å². The van der Waals surface area contributed by atoms with Crippen molar-refractivity contribution in [2.75, 3.05) is 0 Å². The van der Waals surface area contributed by atoms with Crippen LogP contribution in [-0.2, 0) is 61.9 Å². The molecular weight excluding hydrogens is 508 g/mol. The van der Waals surface area contributed by atoms with Gasteiger partial charge in [0.15, 0.2) is 30.7 Å². The van der Waals surface area contributed by atoms with Gasteiger partial charge in [-0.3, -0.25) is 24.0 Å². The highest BCUT2D eigenvalue weighted by Crippen LogP contribution is 2.37. The molecule has 5 unspecified atom stereocenters. The van der Waals surface area contributed by atoms with Gasteiger partial charge in [0.25, 0.3) is 0 Å². The molecule has 2 rings (SSSR count). The van der Waals surface area contributed by atoms with E-state index in [1.54, 1.807) is 20.8 Å². The third-order valence-electron chi connectivity index (χ3n) is 6.12. The molecule has 13 nitrogen and oxygen atoms in total. The number of hydrogen-bond donors (Lipinski definition) is 0. The Morgan fingerprint density at radius 3 is 1.29 bits per heavy atom. The Labute approximate surface area is 221 Å². The predicted octanol–water partition coefficient (Wildman–Crippen LogP) is 1.57. The zero-order valence-corrected chi connectivity index (χ0v) is 23.0. The van der Waals surface area contributed by atoms with Crippen molar-refractivity contribution in [1.29, 1.82) is 0 Å². The zero-order chi connectivity index (χ0) is 28.7. The summed E-state index contributed by atoms with van der Waals surface area (Å²) in [7, 11) is 0. The summed E-state index contributed by atoms with van der Waals surface area (Å²) in [5, 5.41) is 0. The van der Waals surface area contributed by atoms with E-state index in [0.717, 1.165) is 6.92 Å². The lowest BCUT2D eigenvalue weighted by molar-refractivity contribution is -0.367. The van der Waals surface area contributed by atoms with E-state index in [9.17, 15) is 24.0 Å². The summed E-state index contributed by atoms with van der Waals surface area (Å²) >= 11 is 0. The van der Waals surface area contributed by atoms with Crippen LogP contribution in [0.15, 0.2) is 0 Å². The van der Waals surface area contributed by atoms with Crippen LogP contribution >= 0.6 is 0 Å². The topological polar surface area (TPSA) is 159 Å². The fraction of sp³-hybridized carbons (Fsp3) is 0.800. The molecular formula is C25H38O13. The maximum absolute atomic E-state index is 12.0. The maximum Gasteiger partial charge on any atom is 0.303 e. The normalized spacial score (nSPS) is 34.9. The van der Waals surface area contributed by atoms with E-state index in [1.165, 1.54) is 27.7 Å². The smallest absolute Gasteiger partial charge is 0.303 e. The van der Waals surface area contributed by atoms with Crippen molar-refractivity contribution < 1.29 is 61.9 Å². The number of rotatable bonds is 9.